The maximum Gasteiger partial charge on any atom is 0.0714 e. The van der Waals surface area contributed by atoms with Gasteiger partial charge in [-0.2, -0.15) is 0 Å². The van der Waals surface area contributed by atoms with Gasteiger partial charge in [-0.15, -0.1) is 0 Å². The lowest BCUT2D eigenvalue weighted by atomic mass is 9.67. The molecule has 0 amide bonds. The van der Waals surface area contributed by atoms with Crippen LogP contribution >= 0.6 is 0 Å². The van der Waals surface area contributed by atoms with Crippen LogP contribution in [0.25, 0.3) is 87.2 Å². The molecule has 0 radical (unpaired) electrons. The maximum atomic E-state index is 2.54. The van der Waals surface area contributed by atoms with Crippen LogP contribution in [-0.4, -0.2) is 0 Å². The van der Waals surface area contributed by atoms with Gasteiger partial charge in [0.25, 0.3) is 0 Å². The topological polar surface area (TPSA) is 0 Å². The van der Waals surface area contributed by atoms with E-state index in [1.807, 2.05) is 0 Å². The van der Waals surface area contributed by atoms with Crippen molar-refractivity contribution in [3.63, 3.8) is 0 Å². The second-order valence-electron chi connectivity index (χ2n) is 15.6. The van der Waals surface area contributed by atoms with Crippen molar-refractivity contribution in [3.8, 4) is 33.4 Å². The average molecular weight is 721 g/mol. The molecule has 0 aromatic heterocycles. The van der Waals surface area contributed by atoms with Crippen LogP contribution in [0.1, 0.15) is 22.3 Å². The molecule has 0 saturated heterocycles. The molecule has 0 N–H and O–H groups in total. The fourth-order valence-electron chi connectivity index (χ4n) is 10.3. The Morgan fingerprint density at radius 1 is 0.246 bits per heavy atom. The van der Waals surface area contributed by atoms with E-state index in [2.05, 4.69) is 218 Å². The SMILES string of the molecule is c1ccc(C2(c3ccccc3)c3cccc4ccc5cc(-c6c7ccccc7c(-c7ccc(-c8ccc9ccccc9c8)cc7)c7ccccc67)cc2c5c34)cc1. The Hall–Kier alpha value is -7.28. The highest BCUT2D eigenvalue weighted by molar-refractivity contribution is 6.23. The molecule has 0 heteroatoms. The predicted molar refractivity (Wildman–Crippen MR) is 242 cm³/mol. The highest BCUT2D eigenvalue weighted by Gasteiger charge is 2.45. The van der Waals surface area contributed by atoms with Crippen LogP contribution in [0.3, 0.4) is 0 Å². The molecule has 11 aromatic carbocycles. The molecule has 0 aliphatic heterocycles. The minimum Gasteiger partial charge on any atom is -0.0622 e. The van der Waals surface area contributed by atoms with Gasteiger partial charge in [-0.05, 0) is 128 Å². The Morgan fingerprint density at radius 2 is 0.702 bits per heavy atom. The molecule has 0 bridgehead atoms. The first kappa shape index (κ1) is 32.0. The lowest BCUT2D eigenvalue weighted by molar-refractivity contribution is 0.772. The molecular weight excluding hydrogens is 685 g/mol. The van der Waals surface area contributed by atoms with Crippen molar-refractivity contribution in [1.82, 2.24) is 0 Å². The monoisotopic (exact) mass is 720 g/mol. The van der Waals surface area contributed by atoms with E-state index in [1.165, 1.54) is 109 Å². The third kappa shape index (κ3) is 4.62. The van der Waals surface area contributed by atoms with Crippen molar-refractivity contribution in [2.45, 2.75) is 5.41 Å². The van der Waals surface area contributed by atoms with E-state index in [1.54, 1.807) is 0 Å². The summed E-state index contributed by atoms with van der Waals surface area (Å²) in [6.45, 7) is 0. The lowest BCUT2D eigenvalue weighted by Crippen LogP contribution is -2.28. The fraction of sp³-hybridized carbons (Fsp3) is 0.0175. The number of hydrogen-bond donors (Lipinski definition) is 0. The predicted octanol–water partition coefficient (Wildman–Crippen LogP) is 15.1. The summed E-state index contributed by atoms with van der Waals surface area (Å²) in [7, 11) is 0. The van der Waals surface area contributed by atoms with Crippen LogP contribution in [0, 0.1) is 0 Å². The van der Waals surface area contributed by atoms with E-state index in [-0.39, 0.29) is 0 Å². The van der Waals surface area contributed by atoms with Crippen molar-refractivity contribution in [3.05, 3.63) is 241 Å². The van der Waals surface area contributed by atoms with Crippen LogP contribution < -0.4 is 0 Å². The molecule has 264 valence electrons. The summed E-state index contributed by atoms with van der Waals surface area (Å²) in [6, 6.07) is 81.5. The van der Waals surface area contributed by atoms with Crippen molar-refractivity contribution in [2.75, 3.05) is 0 Å². The van der Waals surface area contributed by atoms with Crippen molar-refractivity contribution in [2.24, 2.45) is 0 Å². The van der Waals surface area contributed by atoms with Gasteiger partial charge in [0.15, 0.2) is 0 Å². The normalized spacial score (nSPS) is 13.1. The van der Waals surface area contributed by atoms with Gasteiger partial charge < -0.3 is 0 Å². The Balaban J connectivity index is 1.12. The maximum absolute atomic E-state index is 2.54. The first-order valence-electron chi connectivity index (χ1n) is 19.9. The average Bonchev–Trinajstić information content (AvgIpc) is 3.59. The fourth-order valence-corrected chi connectivity index (χ4v) is 10.3. The highest BCUT2D eigenvalue weighted by Crippen LogP contribution is 2.57. The molecule has 11 aromatic rings. The summed E-state index contributed by atoms with van der Waals surface area (Å²) in [5.41, 5.74) is 12.3. The van der Waals surface area contributed by atoms with Crippen molar-refractivity contribution in [1.29, 1.82) is 0 Å². The zero-order chi connectivity index (χ0) is 37.5. The molecule has 0 heterocycles. The summed E-state index contributed by atoms with van der Waals surface area (Å²) < 4.78 is 0. The summed E-state index contributed by atoms with van der Waals surface area (Å²) >= 11 is 0. The largest absolute Gasteiger partial charge is 0.0714 e. The minimum atomic E-state index is -0.474. The van der Waals surface area contributed by atoms with Gasteiger partial charge in [-0.3, -0.25) is 0 Å². The zero-order valence-electron chi connectivity index (χ0n) is 31.3. The lowest BCUT2D eigenvalue weighted by Gasteiger charge is -2.34. The van der Waals surface area contributed by atoms with E-state index >= 15 is 0 Å². The molecule has 57 heavy (non-hydrogen) atoms. The summed E-state index contributed by atoms with van der Waals surface area (Å²) in [5.74, 6) is 0. The molecule has 12 rings (SSSR count). The number of hydrogen-bond acceptors (Lipinski definition) is 0. The smallest absolute Gasteiger partial charge is 0.0622 e. The number of fused-ring (bicyclic) bond motifs is 3. The summed E-state index contributed by atoms with van der Waals surface area (Å²) in [5, 5.41) is 12.9. The van der Waals surface area contributed by atoms with Crippen LogP contribution in [0.4, 0.5) is 0 Å². The number of rotatable bonds is 5. The van der Waals surface area contributed by atoms with Crippen molar-refractivity contribution >= 4 is 53.9 Å². The van der Waals surface area contributed by atoms with Gasteiger partial charge in [-0.1, -0.05) is 200 Å². The van der Waals surface area contributed by atoms with Crippen LogP contribution in [0.5, 0.6) is 0 Å². The van der Waals surface area contributed by atoms with Gasteiger partial charge in [0.05, 0.1) is 5.41 Å². The summed E-state index contributed by atoms with van der Waals surface area (Å²) in [4.78, 5) is 0. The van der Waals surface area contributed by atoms with Gasteiger partial charge in [-0.25, -0.2) is 0 Å². The molecule has 1 aliphatic rings. The molecule has 0 spiro atoms. The van der Waals surface area contributed by atoms with E-state index in [9.17, 15) is 0 Å². The Kier molecular flexibility index (Phi) is 6.94. The Morgan fingerprint density at radius 3 is 1.35 bits per heavy atom. The summed E-state index contributed by atoms with van der Waals surface area (Å²) in [6.07, 6.45) is 0. The van der Waals surface area contributed by atoms with Crippen LogP contribution in [0.15, 0.2) is 218 Å². The first-order chi connectivity index (χ1) is 28.3. The van der Waals surface area contributed by atoms with E-state index < -0.39 is 5.41 Å². The molecule has 0 fully saturated rings. The third-order valence-electron chi connectivity index (χ3n) is 12.7. The minimum absolute atomic E-state index is 0.474. The molecule has 1 aliphatic carbocycles. The van der Waals surface area contributed by atoms with E-state index in [4.69, 9.17) is 0 Å². The molecule has 0 saturated carbocycles. The Labute approximate surface area is 331 Å². The van der Waals surface area contributed by atoms with Gasteiger partial charge in [0, 0.05) is 0 Å². The highest BCUT2D eigenvalue weighted by atomic mass is 14.5. The van der Waals surface area contributed by atoms with Gasteiger partial charge in [0.1, 0.15) is 0 Å². The standard InChI is InChI=1S/C57H36/c1-3-17-45(18-4-1)57(46-19-5-2-6-20-46)51-25-13-16-39-31-33-43-35-44(36-52(57)56(43)55(39)51)54-49-23-11-9-21-47(49)53(48-22-10-12-24-50(48)54)40-29-26-38(27-30-40)42-32-28-37-14-7-8-15-41(37)34-42/h1-36H. The molecule has 0 atom stereocenters. The van der Waals surface area contributed by atoms with Gasteiger partial charge in [0.2, 0.25) is 0 Å². The Bertz CT molecular complexity index is 3280. The van der Waals surface area contributed by atoms with Gasteiger partial charge >= 0.3 is 0 Å². The quantitative estimate of drug-likeness (QED) is 0.123. The number of benzene rings is 11. The van der Waals surface area contributed by atoms with Crippen LogP contribution in [-0.2, 0) is 5.41 Å². The molecule has 0 nitrogen and oxygen atoms in total. The molecular formula is C57H36. The molecule has 0 unspecified atom stereocenters. The van der Waals surface area contributed by atoms with Crippen molar-refractivity contribution < 1.29 is 0 Å². The van der Waals surface area contributed by atoms with E-state index in [0.717, 1.165) is 0 Å². The van der Waals surface area contributed by atoms with E-state index in [0.29, 0.717) is 0 Å². The zero-order valence-corrected chi connectivity index (χ0v) is 31.3. The second kappa shape index (κ2) is 12.4. The van der Waals surface area contributed by atoms with Crippen LogP contribution in [0.2, 0.25) is 0 Å². The third-order valence-corrected chi connectivity index (χ3v) is 12.7. The first-order valence-corrected chi connectivity index (χ1v) is 19.9. The second-order valence-corrected chi connectivity index (χ2v) is 15.6.